The molecule has 1 atom stereocenters. The lowest BCUT2D eigenvalue weighted by molar-refractivity contribution is -0.126. The van der Waals surface area contributed by atoms with E-state index in [9.17, 15) is 9.59 Å². The summed E-state index contributed by atoms with van der Waals surface area (Å²) < 4.78 is 5.69. The number of anilines is 1. The fourth-order valence-corrected chi connectivity index (χ4v) is 3.95. The number of aryl methyl sites for hydroxylation is 2. The molecule has 0 aliphatic heterocycles. The highest BCUT2D eigenvalue weighted by molar-refractivity contribution is 5.97. The first-order valence-electron chi connectivity index (χ1n) is 10.1. The van der Waals surface area contributed by atoms with E-state index in [1.54, 1.807) is 18.5 Å². The van der Waals surface area contributed by atoms with Crippen LogP contribution in [-0.2, 0) is 28.9 Å². The quantitative estimate of drug-likeness (QED) is 0.572. The van der Waals surface area contributed by atoms with E-state index >= 15 is 0 Å². The molecule has 1 unspecified atom stereocenters. The Morgan fingerprint density at radius 2 is 2.03 bits per heavy atom. The SMILES string of the molecule is CC(C)CC(NC(=O)Cc1coc2cc3c(cc12)CCC3)C(=O)Nc1ccn[nH]1. The maximum absolute atomic E-state index is 12.7. The third-order valence-corrected chi connectivity index (χ3v) is 5.34. The van der Waals surface area contributed by atoms with Gasteiger partial charge in [-0.1, -0.05) is 13.8 Å². The van der Waals surface area contributed by atoms with Crippen LogP contribution in [0.1, 0.15) is 43.4 Å². The van der Waals surface area contributed by atoms with Gasteiger partial charge in [0.05, 0.1) is 18.9 Å². The van der Waals surface area contributed by atoms with Crippen molar-refractivity contribution in [3.63, 3.8) is 0 Å². The van der Waals surface area contributed by atoms with Gasteiger partial charge >= 0.3 is 0 Å². The van der Waals surface area contributed by atoms with Crippen LogP contribution >= 0.6 is 0 Å². The van der Waals surface area contributed by atoms with E-state index in [2.05, 4.69) is 33.0 Å². The number of fused-ring (bicyclic) bond motifs is 2. The Morgan fingerprint density at radius 3 is 2.76 bits per heavy atom. The Morgan fingerprint density at radius 1 is 1.24 bits per heavy atom. The molecule has 3 aromatic rings. The van der Waals surface area contributed by atoms with Crippen LogP contribution in [0.25, 0.3) is 11.0 Å². The number of carbonyl (C=O) groups excluding carboxylic acids is 2. The lowest BCUT2D eigenvalue weighted by Crippen LogP contribution is -2.45. The van der Waals surface area contributed by atoms with Crippen LogP contribution in [0.4, 0.5) is 5.82 Å². The molecule has 2 heterocycles. The van der Waals surface area contributed by atoms with Gasteiger partial charge in [-0.2, -0.15) is 5.10 Å². The van der Waals surface area contributed by atoms with Crippen molar-refractivity contribution in [2.24, 2.45) is 5.92 Å². The number of benzene rings is 1. The van der Waals surface area contributed by atoms with Crippen molar-refractivity contribution in [3.05, 3.63) is 47.3 Å². The molecule has 2 amide bonds. The Labute approximate surface area is 169 Å². The summed E-state index contributed by atoms with van der Waals surface area (Å²) in [5.74, 6) is 0.308. The number of hydrogen-bond acceptors (Lipinski definition) is 4. The van der Waals surface area contributed by atoms with Gasteiger partial charge in [-0.25, -0.2) is 0 Å². The maximum Gasteiger partial charge on any atom is 0.248 e. The Hall–Kier alpha value is -3.09. The van der Waals surface area contributed by atoms with Crippen molar-refractivity contribution in [2.75, 3.05) is 5.32 Å². The fourth-order valence-electron chi connectivity index (χ4n) is 3.95. The molecular formula is C22H26N4O3. The molecule has 0 saturated carbocycles. The molecule has 152 valence electrons. The van der Waals surface area contributed by atoms with Crippen LogP contribution in [0.3, 0.4) is 0 Å². The van der Waals surface area contributed by atoms with Gasteiger partial charge in [-0.3, -0.25) is 14.7 Å². The van der Waals surface area contributed by atoms with E-state index in [-0.39, 0.29) is 24.2 Å². The van der Waals surface area contributed by atoms with Crippen molar-refractivity contribution < 1.29 is 14.0 Å². The second kappa shape index (κ2) is 8.11. The zero-order valence-electron chi connectivity index (χ0n) is 16.7. The van der Waals surface area contributed by atoms with E-state index in [1.807, 2.05) is 13.8 Å². The highest BCUT2D eigenvalue weighted by Crippen LogP contribution is 2.30. The summed E-state index contributed by atoms with van der Waals surface area (Å²) in [4.78, 5) is 25.4. The largest absolute Gasteiger partial charge is 0.464 e. The van der Waals surface area contributed by atoms with Crippen LogP contribution in [0.2, 0.25) is 0 Å². The smallest absolute Gasteiger partial charge is 0.248 e. The number of rotatable bonds is 7. The number of furan rings is 1. The average Bonchev–Trinajstić information content (AvgIpc) is 3.40. The first kappa shape index (κ1) is 19.2. The maximum atomic E-state index is 12.7. The number of hydrogen-bond donors (Lipinski definition) is 3. The zero-order valence-corrected chi connectivity index (χ0v) is 16.7. The summed E-state index contributed by atoms with van der Waals surface area (Å²) in [6.07, 6.45) is 7.27. The van der Waals surface area contributed by atoms with Gasteiger partial charge < -0.3 is 15.1 Å². The minimum Gasteiger partial charge on any atom is -0.464 e. The molecule has 3 N–H and O–H groups in total. The summed E-state index contributed by atoms with van der Waals surface area (Å²) in [5, 5.41) is 13.2. The molecule has 0 spiro atoms. The summed E-state index contributed by atoms with van der Waals surface area (Å²) in [5.41, 5.74) is 4.36. The standard InChI is InChI=1S/C22H26N4O3/c1-13(2)8-18(22(28)25-20-6-7-23-26-20)24-21(27)11-16-12-29-19-10-15-5-3-4-14(15)9-17(16)19/h6-7,9-10,12-13,18H,3-5,8,11H2,1-2H3,(H,24,27)(H2,23,25,26,28). The van der Waals surface area contributed by atoms with E-state index in [1.165, 1.54) is 17.5 Å². The van der Waals surface area contributed by atoms with Gasteiger partial charge in [0.1, 0.15) is 17.4 Å². The van der Waals surface area contributed by atoms with Crippen LogP contribution in [0, 0.1) is 5.92 Å². The van der Waals surface area contributed by atoms with Gasteiger partial charge in [-0.05, 0) is 54.9 Å². The molecule has 7 nitrogen and oxygen atoms in total. The Balaban J connectivity index is 1.46. The molecule has 1 aliphatic carbocycles. The fraction of sp³-hybridized carbons (Fsp3) is 0.409. The van der Waals surface area contributed by atoms with E-state index in [0.717, 1.165) is 29.4 Å². The normalized spacial score (nSPS) is 14.2. The predicted octanol–water partition coefficient (Wildman–Crippen LogP) is 3.36. The molecule has 4 rings (SSSR count). The topological polar surface area (TPSA) is 100 Å². The highest BCUT2D eigenvalue weighted by atomic mass is 16.3. The number of aromatic amines is 1. The first-order valence-corrected chi connectivity index (χ1v) is 10.1. The Kier molecular flexibility index (Phi) is 5.38. The first-order chi connectivity index (χ1) is 14.0. The summed E-state index contributed by atoms with van der Waals surface area (Å²) in [6, 6.07) is 5.30. The van der Waals surface area contributed by atoms with Crippen LogP contribution < -0.4 is 10.6 Å². The molecule has 0 radical (unpaired) electrons. The summed E-state index contributed by atoms with van der Waals surface area (Å²) in [7, 11) is 0. The number of aromatic nitrogens is 2. The van der Waals surface area contributed by atoms with E-state index < -0.39 is 6.04 Å². The van der Waals surface area contributed by atoms with Crippen LogP contribution in [0.5, 0.6) is 0 Å². The zero-order chi connectivity index (χ0) is 20.4. The number of nitrogens with one attached hydrogen (secondary N) is 3. The second-order valence-electron chi connectivity index (χ2n) is 8.12. The molecular weight excluding hydrogens is 368 g/mol. The number of carbonyl (C=O) groups is 2. The van der Waals surface area contributed by atoms with Gasteiger partial charge in [0.2, 0.25) is 11.8 Å². The number of nitrogens with zero attached hydrogens (tertiary/aromatic N) is 1. The monoisotopic (exact) mass is 394 g/mol. The van der Waals surface area contributed by atoms with Crippen molar-refractivity contribution in [1.29, 1.82) is 0 Å². The number of amides is 2. The lowest BCUT2D eigenvalue weighted by Gasteiger charge is -2.19. The summed E-state index contributed by atoms with van der Waals surface area (Å²) in [6.45, 7) is 4.04. The molecule has 1 aliphatic rings. The van der Waals surface area contributed by atoms with Crippen molar-refractivity contribution in [2.45, 2.75) is 52.0 Å². The molecule has 7 heteroatoms. The minimum absolute atomic E-state index is 0.178. The lowest BCUT2D eigenvalue weighted by atomic mass is 10.0. The van der Waals surface area contributed by atoms with Crippen molar-refractivity contribution in [3.8, 4) is 0 Å². The molecule has 29 heavy (non-hydrogen) atoms. The molecule has 0 saturated heterocycles. The van der Waals surface area contributed by atoms with Gasteiger partial charge in [0.15, 0.2) is 0 Å². The molecule has 2 aromatic heterocycles. The third-order valence-electron chi connectivity index (χ3n) is 5.34. The van der Waals surface area contributed by atoms with Crippen molar-refractivity contribution in [1.82, 2.24) is 15.5 Å². The molecule has 1 aromatic carbocycles. The average molecular weight is 394 g/mol. The minimum atomic E-state index is -0.617. The van der Waals surface area contributed by atoms with Crippen molar-refractivity contribution >= 4 is 28.6 Å². The molecule has 0 bridgehead atoms. The predicted molar refractivity (Wildman–Crippen MR) is 111 cm³/mol. The van der Waals surface area contributed by atoms with Gasteiger partial charge in [0.25, 0.3) is 0 Å². The number of H-pyrrole nitrogens is 1. The highest BCUT2D eigenvalue weighted by Gasteiger charge is 2.23. The van der Waals surface area contributed by atoms with Crippen LogP contribution in [0.15, 0.2) is 35.1 Å². The van der Waals surface area contributed by atoms with Gasteiger partial charge in [-0.15, -0.1) is 0 Å². The summed E-state index contributed by atoms with van der Waals surface area (Å²) >= 11 is 0. The third kappa shape index (κ3) is 4.34. The molecule has 0 fully saturated rings. The van der Waals surface area contributed by atoms with Gasteiger partial charge in [0, 0.05) is 17.0 Å². The second-order valence-corrected chi connectivity index (χ2v) is 8.12. The van der Waals surface area contributed by atoms with Crippen LogP contribution in [-0.4, -0.2) is 28.1 Å². The van der Waals surface area contributed by atoms with E-state index in [4.69, 9.17) is 4.42 Å². The Bertz CT molecular complexity index is 1020. The van der Waals surface area contributed by atoms with E-state index in [0.29, 0.717) is 12.2 Å².